The van der Waals surface area contributed by atoms with Gasteiger partial charge in [-0.1, -0.05) is 24.3 Å². The lowest BCUT2D eigenvalue weighted by Crippen LogP contribution is -2.30. The molecular weight excluding hydrogens is 378 g/mol. The molecule has 3 aromatic heterocycles. The SMILES string of the molecule is S=C1N[C@@H](c2ccccn2)[C@H](c2cccn2-c2ccncc2)N1c1ccccc1. The molecular formula is C23H19N5S. The van der Waals surface area contributed by atoms with Crippen molar-refractivity contribution >= 4 is 23.0 Å². The largest absolute Gasteiger partial charge is 0.351 e. The van der Waals surface area contributed by atoms with Crippen LogP contribution in [0.5, 0.6) is 0 Å². The summed E-state index contributed by atoms with van der Waals surface area (Å²) in [6.45, 7) is 0. The number of para-hydroxylation sites is 1. The second-order valence-corrected chi connectivity index (χ2v) is 7.23. The van der Waals surface area contributed by atoms with Crippen molar-refractivity contribution in [1.82, 2.24) is 19.9 Å². The maximum Gasteiger partial charge on any atom is 0.174 e. The Labute approximate surface area is 174 Å². The second-order valence-electron chi connectivity index (χ2n) is 6.84. The average Bonchev–Trinajstić information content (AvgIpc) is 3.40. The van der Waals surface area contributed by atoms with Crippen LogP contribution in [0.15, 0.2) is 97.6 Å². The Balaban J connectivity index is 1.67. The number of aromatic nitrogens is 3. The van der Waals surface area contributed by atoms with Crippen LogP contribution < -0.4 is 10.2 Å². The van der Waals surface area contributed by atoms with Crippen molar-refractivity contribution < 1.29 is 0 Å². The van der Waals surface area contributed by atoms with Crippen LogP contribution in [0.1, 0.15) is 23.5 Å². The van der Waals surface area contributed by atoms with Gasteiger partial charge in [0.2, 0.25) is 0 Å². The van der Waals surface area contributed by atoms with Crippen LogP contribution >= 0.6 is 12.2 Å². The number of nitrogens with one attached hydrogen (secondary N) is 1. The molecule has 1 saturated heterocycles. The van der Waals surface area contributed by atoms with Crippen molar-refractivity contribution in [2.75, 3.05) is 4.90 Å². The van der Waals surface area contributed by atoms with E-state index in [2.05, 4.69) is 55.2 Å². The van der Waals surface area contributed by atoms with Crippen molar-refractivity contribution in [3.8, 4) is 5.69 Å². The number of rotatable bonds is 4. The molecule has 0 saturated carbocycles. The molecule has 5 nitrogen and oxygen atoms in total. The molecule has 2 atom stereocenters. The fourth-order valence-electron chi connectivity index (χ4n) is 3.90. The van der Waals surface area contributed by atoms with Crippen molar-refractivity contribution in [2.24, 2.45) is 0 Å². The summed E-state index contributed by atoms with van der Waals surface area (Å²) in [4.78, 5) is 11.0. The van der Waals surface area contributed by atoms with Gasteiger partial charge in [0, 0.05) is 41.9 Å². The van der Waals surface area contributed by atoms with Crippen LogP contribution in [0.4, 0.5) is 5.69 Å². The van der Waals surface area contributed by atoms with Gasteiger partial charge in [0.05, 0.1) is 11.7 Å². The molecule has 1 aromatic carbocycles. The van der Waals surface area contributed by atoms with Gasteiger partial charge in [-0.3, -0.25) is 9.97 Å². The smallest absolute Gasteiger partial charge is 0.174 e. The Bertz CT molecular complexity index is 1110. The lowest BCUT2D eigenvalue weighted by molar-refractivity contribution is 0.549. The van der Waals surface area contributed by atoms with E-state index >= 15 is 0 Å². The van der Waals surface area contributed by atoms with E-state index in [4.69, 9.17) is 12.2 Å². The quantitative estimate of drug-likeness (QED) is 0.516. The van der Waals surface area contributed by atoms with E-state index in [1.165, 1.54) is 0 Å². The first-order valence-corrected chi connectivity index (χ1v) is 9.87. The van der Waals surface area contributed by atoms with Crippen LogP contribution in [-0.2, 0) is 0 Å². The normalized spacial score (nSPS) is 18.6. The van der Waals surface area contributed by atoms with E-state index in [-0.39, 0.29) is 12.1 Å². The molecule has 1 aliphatic heterocycles. The standard InChI is InChI=1S/C23H19N5S/c29-23-26-21(19-9-4-5-13-25-19)22(28(23)18-7-2-1-3-8-18)20-10-6-16-27(20)17-11-14-24-15-12-17/h1-16,21-22H,(H,26,29)/t21-,22-/m0/s1. The highest BCUT2D eigenvalue weighted by atomic mass is 32.1. The molecule has 1 aliphatic rings. The van der Waals surface area contributed by atoms with Crippen LogP contribution in [-0.4, -0.2) is 19.6 Å². The van der Waals surface area contributed by atoms with Crippen LogP contribution in [0.3, 0.4) is 0 Å². The van der Waals surface area contributed by atoms with E-state index in [0.717, 1.165) is 22.8 Å². The summed E-state index contributed by atoms with van der Waals surface area (Å²) in [5, 5.41) is 4.20. The zero-order valence-corrected chi connectivity index (χ0v) is 16.4. The van der Waals surface area contributed by atoms with E-state index in [9.17, 15) is 0 Å². The highest BCUT2D eigenvalue weighted by Crippen LogP contribution is 2.42. The minimum Gasteiger partial charge on any atom is -0.351 e. The number of hydrogen-bond acceptors (Lipinski definition) is 3. The van der Waals surface area contributed by atoms with Gasteiger partial charge < -0.3 is 14.8 Å². The zero-order chi connectivity index (χ0) is 19.6. The first kappa shape index (κ1) is 17.6. The third kappa shape index (κ3) is 3.17. The minimum absolute atomic E-state index is 0.0528. The van der Waals surface area contributed by atoms with Crippen molar-refractivity contribution in [1.29, 1.82) is 0 Å². The predicted octanol–water partition coefficient (Wildman–Crippen LogP) is 4.44. The van der Waals surface area contributed by atoms with E-state index in [1.807, 2.05) is 67.1 Å². The van der Waals surface area contributed by atoms with E-state index in [1.54, 1.807) is 0 Å². The molecule has 1 fully saturated rings. The molecule has 0 aliphatic carbocycles. The fraction of sp³-hybridized carbons (Fsp3) is 0.0870. The van der Waals surface area contributed by atoms with Gasteiger partial charge in [0.25, 0.3) is 0 Å². The van der Waals surface area contributed by atoms with Gasteiger partial charge in [0.15, 0.2) is 5.11 Å². The molecule has 0 amide bonds. The number of anilines is 1. The maximum absolute atomic E-state index is 5.78. The number of hydrogen-bond donors (Lipinski definition) is 1. The highest BCUT2D eigenvalue weighted by molar-refractivity contribution is 7.80. The molecule has 142 valence electrons. The lowest BCUT2D eigenvalue weighted by Gasteiger charge is -2.29. The molecule has 29 heavy (non-hydrogen) atoms. The molecule has 0 spiro atoms. The van der Waals surface area contributed by atoms with Gasteiger partial charge in [0.1, 0.15) is 6.04 Å². The Morgan fingerprint density at radius 1 is 0.793 bits per heavy atom. The van der Waals surface area contributed by atoms with Crippen molar-refractivity contribution in [3.63, 3.8) is 0 Å². The fourth-order valence-corrected chi connectivity index (χ4v) is 4.24. The summed E-state index contributed by atoms with van der Waals surface area (Å²) >= 11 is 5.78. The topological polar surface area (TPSA) is 46.0 Å². The molecule has 4 aromatic rings. The van der Waals surface area contributed by atoms with Crippen LogP contribution in [0.2, 0.25) is 0 Å². The van der Waals surface area contributed by atoms with Gasteiger partial charge in [-0.15, -0.1) is 0 Å². The predicted molar refractivity (Wildman–Crippen MR) is 118 cm³/mol. The highest BCUT2D eigenvalue weighted by Gasteiger charge is 2.42. The third-order valence-corrected chi connectivity index (χ3v) is 5.47. The number of pyridine rings is 2. The summed E-state index contributed by atoms with van der Waals surface area (Å²) in [5.41, 5.74) is 4.20. The first-order chi connectivity index (χ1) is 14.3. The molecule has 1 N–H and O–H groups in total. The lowest BCUT2D eigenvalue weighted by atomic mass is 10.0. The third-order valence-electron chi connectivity index (χ3n) is 5.16. The Kier molecular flexibility index (Phi) is 4.54. The van der Waals surface area contributed by atoms with Gasteiger partial charge >= 0.3 is 0 Å². The summed E-state index contributed by atoms with van der Waals surface area (Å²) < 4.78 is 2.19. The van der Waals surface area contributed by atoms with E-state index < -0.39 is 0 Å². The number of nitrogens with zero attached hydrogens (tertiary/aromatic N) is 4. The van der Waals surface area contributed by atoms with Crippen molar-refractivity contribution in [2.45, 2.75) is 12.1 Å². The van der Waals surface area contributed by atoms with Crippen LogP contribution in [0, 0.1) is 0 Å². The average molecular weight is 398 g/mol. The van der Waals surface area contributed by atoms with Gasteiger partial charge in [-0.2, -0.15) is 0 Å². The second kappa shape index (κ2) is 7.48. The minimum atomic E-state index is -0.0700. The Morgan fingerprint density at radius 3 is 2.34 bits per heavy atom. The molecule has 0 bridgehead atoms. The van der Waals surface area contributed by atoms with Gasteiger partial charge in [-0.25, -0.2) is 0 Å². The summed E-state index contributed by atoms with van der Waals surface area (Å²) in [6.07, 6.45) is 7.51. The summed E-state index contributed by atoms with van der Waals surface area (Å²) in [5.74, 6) is 0. The molecule has 6 heteroatoms. The van der Waals surface area contributed by atoms with Gasteiger partial charge in [-0.05, 0) is 60.7 Å². The Hall–Kier alpha value is -3.51. The zero-order valence-electron chi connectivity index (χ0n) is 15.6. The Morgan fingerprint density at radius 2 is 1.59 bits per heavy atom. The monoisotopic (exact) mass is 397 g/mol. The van der Waals surface area contributed by atoms with Crippen molar-refractivity contribution in [3.05, 3.63) is 109 Å². The van der Waals surface area contributed by atoms with Crippen LogP contribution in [0.25, 0.3) is 5.69 Å². The van der Waals surface area contributed by atoms with E-state index in [0.29, 0.717) is 5.11 Å². The molecule has 0 unspecified atom stereocenters. The molecule has 5 rings (SSSR count). The summed E-state index contributed by atoms with van der Waals surface area (Å²) in [6, 6.07) is 24.3. The first-order valence-electron chi connectivity index (χ1n) is 9.46. The number of thiocarbonyl (C=S) groups is 1. The maximum atomic E-state index is 5.78. The molecule has 0 radical (unpaired) electrons. The number of benzene rings is 1. The summed E-state index contributed by atoms with van der Waals surface area (Å²) in [7, 11) is 0. The molecule has 4 heterocycles.